The molecule has 88 valence electrons. The van der Waals surface area contributed by atoms with Gasteiger partial charge in [0, 0.05) is 38.9 Å². The summed E-state index contributed by atoms with van der Waals surface area (Å²) >= 11 is 0. The Balaban J connectivity index is 1.62. The third-order valence-corrected chi connectivity index (χ3v) is 3.34. The predicted molar refractivity (Wildman–Crippen MR) is 62.0 cm³/mol. The van der Waals surface area contributed by atoms with Gasteiger partial charge in [-0.25, -0.2) is 0 Å². The van der Waals surface area contributed by atoms with Crippen molar-refractivity contribution in [2.45, 2.75) is 38.3 Å². The molecule has 1 aliphatic heterocycles. The summed E-state index contributed by atoms with van der Waals surface area (Å²) < 4.78 is 5.17. The number of nitrogens with zero attached hydrogens (tertiary/aromatic N) is 1. The summed E-state index contributed by atoms with van der Waals surface area (Å²) in [6.45, 7) is 6.85. The van der Waals surface area contributed by atoms with Gasteiger partial charge in [0.25, 0.3) is 0 Å². The zero-order chi connectivity index (χ0) is 10.7. The molecule has 0 aromatic rings. The van der Waals surface area contributed by atoms with Gasteiger partial charge in [-0.3, -0.25) is 0 Å². The van der Waals surface area contributed by atoms with Crippen LogP contribution in [0.25, 0.3) is 0 Å². The van der Waals surface area contributed by atoms with E-state index in [1.165, 1.54) is 38.9 Å². The Kier molecular flexibility index (Phi) is 4.00. The molecule has 1 N–H and O–H groups in total. The highest BCUT2D eigenvalue weighted by Gasteiger charge is 2.29. The number of hydrogen-bond donors (Lipinski definition) is 1. The summed E-state index contributed by atoms with van der Waals surface area (Å²) in [5, 5.41) is 3.72. The molecule has 0 spiro atoms. The number of nitrogens with one attached hydrogen (secondary N) is 1. The van der Waals surface area contributed by atoms with E-state index < -0.39 is 0 Å². The second-order valence-electron chi connectivity index (χ2n) is 5.25. The van der Waals surface area contributed by atoms with Crippen molar-refractivity contribution in [3.8, 4) is 0 Å². The molecule has 1 saturated carbocycles. The summed E-state index contributed by atoms with van der Waals surface area (Å²) in [6.07, 6.45) is 4.13. The standard InChI is InChI=1S/C12H24N2O/c1-10(9-15-2)7-14-6-5-12(8-14)13-11-3-4-11/h10-13H,3-9H2,1-2H3. The quantitative estimate of drug-likeness (QED) is 0.713. The second-order valence-corrected chi connectivity index (χ2v) is 5.25. The fraction of sp³-hybridized carbons (Fsp3) is 1.00. The van der Waals surface area contributed by atoms with Crippen LogP contribution in [0.2, 0.25) is 0 Å². The van der Waals surface area contributed by atoms with Gasteiger partial charge in [-0.15, -0.1) is 0 Å². The van der Waals surface area contributed by atoms with Crippen LogP contribution in [0.15, 0.2) is 0 Å². The van der Waals surface area contributed by atoms with Crippen LogP contribution < -0.4 is 5.32 Å². The Morgan fingerprint density at radius 3 is 2.80 bits per heavy atom. The maximum Gasteiger partial charge on any atom is 0.0500 e. The largest absolute Gasteiger partial charge is 0.384 e. The first-order valence-electron chi connectivity index (χ1n) is 6.25. The number of hydrogen-bond acceptors (Lipinski definition) is 3. The van der Waals surface area contributed by atoms with Gasteiger partial charge >= 0.3 is 0 Å². The monoisotopic (exact) mass is 212 g/mol. The van der Waals surface area contributed by atoms with Crippen LogP contribution in [0.3, 0.4) is 0 Å². The van der Waals surface area contributed by atoms with Gasteiger partial charge in [0.05, 0.1) is 0 Å². The maximum absolute atomic E-state index is 5.17. The molecule has 0 aromatic carbocycles. The predicted octanol–water partition coefficient (Wildman–Crippen LogP) is 1.10. The van der Waals surface area contributed by atoms with Gasteiger partial charge in [-0.2, -0.15) is 0 Å². The highest BCUT2D eigenvalue weighted by molar-refractivity contribution is 4.89. The van der Waals surface area contributed by atoms with Crippen LogP contribution in [0, 0.1) is 5.92 Å². The lowest BCUT2D eigenvalue weighted by Crippen LogP contribution is -2.35. The van der Waals surface area contributed by atoms with E-state index >= 15 is 0 Å². The first-order chi connectivity index (χ1) is 7.28. The minimum Gasteiger partial charge on any atom is -0.384 e. The van der Waals surface area contributed by atoms with Crippen molar-refractivity contribution in [3.05, 3.63) is 0 Å². The molecule has 3 heteroatoms. The van der Waals surface area contributed by atoms with Crippen molar-refractivity contribution in [2.75, 3.05) is 33.4 Å². The Hall–Kier alpha value is -0.120. The van der Waals surface area contributed by atoms with Crippen molar-refractivity contribution in [3.63, 3.8) is 0 Å². The number of methoxy groups -OCH3 is 1. The molecule has 2 rings (SSSR count). The van der Waals surface area contributed by atoms with E-state index in [1.807, 2.05) is 0 Å². The highest BCUT2D eigenvalue weighted by atomic mass is 16.5. The second kappa shape index (κ2) is 5.28. The van der Waals surface area contributed by atoms with E-state index in [0.717, 1.165) is 18.7 Å². The lowest BCUT2D eigenvalue weighted by molar-refractivity contribution is 0.136. The zero-order valence-electron chi connectivity index (χ0n) is 10.0. The SMILES string of the molecule is COCC(C)CN1CCC(NC2CC2)C1. The first-order valence-corrected chi connectivity index (χ1v) is 6.25. The minimum absolute atomic E-state index is 0.662. The van der Waals surface area contributed by atoms with Crippen LogP contribution in [0.4, 0.5) is 0 Å². The normalized spacial score (nSPS) is 29.6. The number of likely N-dealkylation sites (tertiary alicyclic amines) is 1. The smallest absolute Gasteiger partial charge is 0.0500 e. The number of ether oxygens (including phenoxy) is 1. The zero-order valence-corrected chi connectivity index (χ0v) is 10.0. The van der Waals surface area contributed by atoms with Gasteiger partial charge in [0.1, 0.15) is 0 Å². The van der Waals surface area contributed by atoms with Crippen LogP contribution in [0.5, 0.6) is 0 Å². The molecule has 1 saturated heterocycles. The molecular weight excluding hydrogens is 188 g/mol. The fourth-order valence-electron chi connectivity index (χ4n) is 2.50. The minimum atomic E-state index is 0.662. The summed E-state index contributed by atoms with van der Waals surface area (Å²) in [5.41, 5.74) is 0. The van der Waals surface area contributed by atoms with E-state index in [0.29, 0.717) is 5.92 Å². The van der Waals surface area contributed by atoms with Crippen molar-refractivity contribution in [1.29, 1.82) is 0 Å². The van der Waals surface area contributed by atoms with Crippen LogP contribution in [0.1, 0.15) is 26.2 Å². The van der Waals surface area contributed by atoms with Gasteiger partial charge < -0.3 is 15.0 Å². The molecule has 1 aliphatic carbocycles. The molecule has 2 aliphatic rings. The third-order valence-electron chi connectivity index (χ3n) is 3.34. The van der Waals surface area contributed by atoms with Gasteiger partial charge in [-0.1, -0.05) is 6.92 Å². The molecule has 2 fully saturated rings. The average molecular weight is 212 g/mol. The average Bonchev–Trinajstić information content (AvgIpc) is 2.88. The molecule has 1 heterocycles. The molecule has 0 aromatic heterocycles. The van der Waals surface area contributed by atoms with Crippen molar-refractivity contribution in [2.24, 2.45) is 5.92 Å². The Morgan fingerprint density at radius 1 is 1.33 bits per heavy atom. The van der Waals surface area contributed by atoms with E-state index in [1.54, 1.807) is 7.11 Å². The van der Waals surface area contributed by atoms with Crippen LogP contribution in [-0.4, -0.2) is 50.3 Å². The van der Waals surface area contributed by atoms with Crippen molar-refractivity contribution in [1.82, 2.24) is 10.2 Å². The van der Waals surface area contributed by atoms with E-state index in [-0.39, 0.29) is 0 Å². The summed E-state index contributed by atoms with van der Waals surface area (Å²) in [6, 6.07) is 1.61. The Morgan fingerprint density at radius 2 is 2.13 bits per heavy atom. The van der Waals surface area contributed by atoms with E-state index in [4.69, 9.17) is 4.74 Å². The first kappa shape index (κ1) is 11.4. The summed E-state index contributed by atoms with van der Waals surface area (Å²) in [4.78, 5) is 2.57. The van der Waals surface area contributed by atoms with E-state index in [2.05, 4.69) is 17.1 Å². The molecule has 0 radical (unpaired) electrons. The third kappa shape index (κ3) is 3.74. The van der Waals surface area contributed by atoms with Gasteiger partial charge in [0.2, 0.25) is 0 Å². The lowest BCUT2D eigenvalue weighted by atomic mass is 10.2. The van der Waals surface area contributed by atoms with Crippen molar-refractivity contribution >= 4 is 0 Å². The molecular formula is C12H24N2O. The van der Waals surface area contributed by atoms with Crippen LogP contribution in [-0.2, 0) is 4.74 Å². The van der Waals surface area contributed by atoms with Gasteiger partial charge in [-0.05, 0) is 31.7 Å². The molecule has 0 amide bonds. The molecule has 0 bridgehead atoms. The highest BCUT2D eigenvalue weighted by Crippen LogP contribution is 2.22. The maximum atomic E-state index is 5.17. The van der Waals surface area contributed by atoms with Crippen molar-refractivity contribution < 1.29 is 4.74 Å². The molecule has 3 nitrogen and oxygen atoms in total. The van der Waals surface area contributed by atoms with Crippen LogP contribution >= 0.6 is 0 Å². The Bertz CT molecular complexity index is 194. The fourth-order valence-corrected chi connectivity index (χ4v) is 2.50. The molecule has 2 unspecified atom stereocenters. The lowest BCUT2D eigenvalue weighted by Gasteiger charge is -2.20. The topological polar surface area (TPSA) is 24.5 Å². The molecule has 2 atom stereocenters. The summed E-state index contributed by atoms with van der Waals surface area (Å²) in [5.74, 6) is 0.662. The van der Waals surface area contributed by atoms with Gasteiger partial charge in [0.15, 0.2) is 0 Å². The molecule has 15 heavy (non-hydrogen) atoms. The summed E-state index contributed by atoms with van der Waals surface area (Å²) in [7, 11) is 1.79. The Labute approximate surface area is 93.2 Å². The number of rotatable bonds is 6. The van der Waals surface area contributed by atoms with E-state index in [9.17, 15) is 0 Å².